The van der Waals surface area contributed by atoms with Crippen LogP contribution in [0.25, 0.3) is 0 Å². The minimum absolute atomic E-state index is 0.135. The minimum atomic E-state index is -0.135. The van der Waals surface area contributed by atoms with Crippen LogP contribution in [0.15, 0.2) is 40.6 Å². The predicted octanol–water partition coefficient (Wildman–Crippen LogP) is 3.48. The predicted molar refractivity (Wildman–Crippen MR) is 95.6 cm³/mol. The van der Waals surface area contributed by atoms with Crippen LogP contribution in [0.1, 0.15) is 25.6 Å². The first kappa shape index (κ1) is 17.7. The number of nitrogens with zero attached hydrogens (tertiary/aromatic N) is 4. The summed E-state index contributed by atoms with van der Waals surface area (Å²) in [5.41, 5.74) is 0. The van der Waals surface area contributed by atoms with Crippen LogP contribution in [-0.4, -0.2) is 31.4 Å². The SMILES string of the molecule is C=CCn1c(SCC(=O)Nc2ccc(Br)cn2)nnc1C(C)C. The molecule has 0 atom stereocenters. The number of halogens is 1. The second-order valence-electron chi connectivity index (χ2n) is 5.09. The summed E-state index contributed by atoms with van der Waals surface area (Å²) >= 11 is 4.65. The molecule has 2 aromatic heterocycles. The Balaban J connectivity index is 1.98. The fourth-order valence-corrected chi connectivity index (χ4v) is 2.88. The van der Waals surface area contributed by atoms with Crippen molar-refractivity contribution in [1.29, 1.82) is 0 Å². The molecule has 1 N–H and O–H groups in total. The van der Waals surface area contributed by atoms with Gasteiger partial charge in [0, 0.05) is 23.1 Å². The Morgan fingerprint density at radius 1 is 1.48 bits per heavy atom. The zero-order valence-electron chi connectivity index (χ0n) is 13.0. The lowest BCUT2D eigenvalue weighted by molar-refractivity contribution is -0.113. The quantitative estimate of drug-likeness (QED) is 0.573. The molecular formula is C15H18BrN5OS. The summed E-state index contributed by atoms with van der Waals surface area (Å²) in [6.45, 7) is 8.50. The van der Waals surface area contributed by atoms with E-state index >= 15 is 0 Å². The highest BCUT2D eigenvalue weighted by atomic mass is 79.9. The molecule has 6 nitrogen and oxygen atoms in total. The molecular weight excluding hydrogens is 378 g/mol. The average Bonchev–Trinajstić information content (AvgIpc) is 2.91. The Labute approximate surface area is 147 Å². The first-order valence-corrected chi connectivity index (χ1v) is 8.87. The molecule has 0 aliphatic heterocycles. The molecule has 2 aromatic rings. The molecule has 2 heterocycles. The van der Waals surface area contributed by atoms with Crippen molar-refractivity contribution in [3.8, 4) is 0 Å². The van der Waals surface area contributed by atoms with E-state index in [-0.39, 0.29) is 17.6 Å². The van der Waals surface area contributed by atoms with Crippen LogP contribution in [0.3, 0.4) is 0 Å². The molecule has 0 saturated carbocycles. The zero-order chi connectivity index (χ0) is 16.8. The largest absolute Gasteiger partial charge is 0.310 e. The van der Waals surface area contributed by atoms with Crippen molar-refractivity contribution in [2.75, 3.05) is 11.1 Å². The number of hydrogen-bond acceptors (Lipinski definition) is 5. The average molecular weight is 396 g/mol. The number of anilines is 1. The Morgan fingerprint density at radius 3 is 2.87 bits per heavy atom. The van der Waals surface area contributed by atoms with Gasteiger partial charge in [0.25, 0.3) is 0 Å². The fraction of sp³-hybridized carbons (Fsp3) is 0.333. The van der Waals surface area contributed by atoms with E-state index in [4.69, 9.17) is 0 Å². The Bertz CT molecular complexity index is 684. The Morgan fingerprint density at radius 2 is 2.26 bits per heavy atom. The third kappa shape index (κ3) is 4.90. The van der Waals surface area contributed by atoms with E-state index in [1.165, 1.54) is 11.8 Å². The van der Waals surface area contributed by atoms with Gasteiger partial charge in [0.15, 0.2) is 5.16 Å². The number of amides is 1. The van der Waals surface area contributed by atoms with Gasteiger partial charge in [-0.2, -0.15) is 0 Å². The van der Waals surface area contributed by atoms with Crippen molar-refractivity contribution in [2.24, 2.45) is 0 Å². The zero-order valence-corrected chi connectivity index (χ0v) is 15.4. The van der Waals surface area contributed by atoms with Crippen molar-refractivity contribution >= 4 is 39.4 Å². The van der Waals surface area contributed by atoms with Crippen LogP contribution in [0.5, 0.6) is 0 Å². The number of aromatic nitrogens is 4. The van der Waals surface area contributed by atoms with Gasteiger partial charge in [-0.25, -0.2) is 4.98 Å². The molecule has 0 saturated heterocycles. The molecule has 2 rings (SSSR count). The maximum absolute atomic E-state index is 12.0. The lowest BCUT2D eigenvalue weighted by atomic mass is 10.2. The Kier molecular flexibility index (Phi) is 6.35. The van der Waals surface area contributed by atoms with E-state index < -0.39 is 0 Å². The lowest BCUT2D eigenvalue weighted by Crippen LogP contribution is -2.15. The van der Waals surface area contributed by atoms with Crippen LogP contribution in [0.2, 0.25) is 0 Å². The molecule has 0 bridgehead atoms. The number of pyridine rings is 1. The molecule has 0 radical (unpaired) electrons. The summed E-state index contributed by atoms with van der Waals surface area (Å²) in [6.07, 6.45) is 3.43. The van der Waals surface area contributed by atoms with Gasteiger partial charge in [-0.15, -0.1) is 16.8 Å². The van der Waals surface area contributed by atoms with E-state index in [2.05, 4.69) is 56.9 Å². The first-order chi connectivity index (χ1) is 11.0. The van der Waals surface area contributed by atoms with Gasteiger partial charge in [0.2, 0.25) is 5.91 Å². The summed E-state index contributed by atoms with van der Waals surface area (Å²) in [4.78, 5) is 16.1. The van der Waals surface area contributed by atoms with Gasteiger partial charge >= 0.3 is 0 Å². The van der Waals surface area contributed by atoms with Crippen LogP contribution in [0, 0.1) is 0 Å². The van der Waals surface area contributed by atoms with Crippen molar-refractivity contribution in [1.82, 2.24) is 19.7 Å². The number of carbonyl (C=O) groups excluding carboxylic acids is 1. The molecule has 122 valence electrons. The minimum Gasteiger partial charge on any atom is -0.310 e. The number of allylic oxidation sites excluding steroid dienone is 1. The molecule has 23 heavy (non-hydrogen) atoms. The summed E-state index contributed by atoms with van der Waals surface area (Å²) in [5.74, 6) is 1.78. The van der Waals surface area contributed by atoms with Crippen LogP contribution in [-0.2, 0) is 11.3 Å². The normalized spacial score (nSPS) is 10.8. The van der Waals surface area contributed by atoms with Crippen LogP contribution >= 0.6 is 27.7 Å². The smallest absolute Gasteiger partial charge is 0.236 e. The number of rotatable bonds is 7. The molecule has 0 spiro atoms. The van der Waals surface area contributed by atoms with Crippen LogP contribution < -0.4 is 5.32 Å². The van der Waals surface area contributed by atoms with Gasteiger partial charge in [-0.3, -0.25) is 4.79 Å². The maximum Gasteiger partial charge on any atom is 0.236 e. The van der Waals surface area contributed by atoms with E-state index in [0.717, 1.165) is 10.3 Å². The topological polar surface area (TPSA) is 72.7 Å². The number of carbonyl (C=O) groups is 1. The van der Waals surface area contributed by atoms with Gasteiger partial charge in [-0.05, 0) is 28.1 Å². The van der Waals surface area contributed by atoms with Gasteiger partial charge in [0.1, 0.15) is 11.6 Å². The highest BCUT2D eigenvalue weighted by Crippen LogP contribution is 2.21. The molecule has 8 heteroatoms. The highest BCUT2D eigenvalue weighted by Gasteiger charge is 2.15. The summed E-state index contributed by atoms with van der Waals surface area (Å²) in [7, 11) is 0. The molecule has 0 aromatic carbocycles. The fourth-order valence-electron chi connectivity index (χ4n) is 1.89. The summed E-state index contributed by atoms with van der Waals surface area (Å²) in [6, 6.07) is 3.56. The van der Waals surface area contributed by atoms with Gasteiger partial charge in [-0.1, -0.05) is 31.7 Å². The summed E-state index contributed by atoms with van der Waals surface area (Å²) < 4.78 is 2.84. The molecule has 0 aliphatic rings. The molecule has 0 fully saturated rings. The first-order valence-electron chi connectivity index (χ1n) is 7.09. The third-order valence-electron chi connectivity index (χ3n) is 2.90. The number of nitrogens with one attached hydrogen (secondary N) is 1. The van der Waals surface area contributed by atoms with Crippen molar-refractivity contribution < 1.29 is 4.79 Å². The second kappa shape index (κ2) is 8.26. The monoisotopic (exact) mass is 395 g/mol. The van der Waals surface area contributed by atoms with Crippen molar-refractivity contribution in [3.05, 3.63) is 41.3 Å². The standard InChI is InChI=1S/C15H18BrN5OS/c1-4-7-21-14(10(2)3)19-20-15(21)23-9-13(22)18-12-6-5-11(16)8-17-12/h4-6,8,10H,1,7,9H2,2-3H3,(H,17,18,22). The molecule has 0 unspecified atom stereocenters. The van der Waals surface area contributed by atoms with E-state index in [1.807, 2.05) is 10.6 Å². The van der Waals surface area contributed by atoms with Crippen molar-refractivity contribution in [2.45, 2.75) is 31.5 Å². The molecule has 1 amide bonds. The maximum atomic E-state index is 12.0. The Hall–Kier alpha value is -1.67. The van der Waals surface area contributed by atoms with Crippen LogP contribution in [0.4, 0.5) is 5.82 Å². The third-order valence-corrected chi connectivity index (χ3v) is 4.34. The number of hydrogen-bond donors (Lipinski definition) is 1. The summed E-state index contributed by atoms with van der Waals surface area (Å²) in [5, 5.41) is 11.8. The van der Waals surface area contributed by atoms with E-state index in [1.54, 1.807) is 18.3 Å². The van der Waals surface area contributed by atoms with Gasteiger partial charge < -0.3 is 9.88 Å². The second-order valence-corrected chi connectivity index (χ2v) is 6.95. The molecule has 0 aliphatic carbocycles. The van der Waals surface area contributed by atoms with Crippen molar-refractivity contribution in [3.63, 3.8) is 0 Å². The van der Waals surface area contributed by atoms with Gasteiger partial charge in [0.05, 0.1) is 5.75 Å². The lowest BCUT2D eigenvalue weighted by Gasteiger charge is -2.09. The number of thioether (sulfide) groups is 1. The van der Waals surface area contributed by atoms with E-state index in [0.29, 0.717) is 17.5 Å². The highest BCUT2D eigenvalue weighted by molar-refractivity contribution is 9.10. The van der Waals surface area contributed by atoms with E-state index in [9.17, 15) is 4.79 Å².